The average molecular weight is 370 g/mol. The normalized spacial score (nSPS) is 12.7. The molecule has 0 amide bonds. The molecule has 0 aliphatic carbocycles. The van der Waals surface area contributed by atoms with Crippen molar-refractivity contribution in [1.29, 1.82) is 0 Å². The molecule has 0 aliphatic heterocycles. The van der Waals surface area contributed by atoms with E-state index in [2.05, 4.69) is 0 Å². The fourth-order valence-corrected chi connectivity index (χ4v) is 3.68. The molecule has 3 aromatic rings. The lowest BCUT2D eigenvalue weighted by Crippen LogP contribution is -2.24. The molecule has 0 radical (unpaired) electrons. The number of hydrogen-bond donors (Lipinski definition) is 0. The second-order valence-corrected chi connectivity index (χ2v) is 7.37. The van der Waals surface area contributed by atoms with Crippen molar-refractivity contribution in [3.8, 4) is 5.75 Å². The van der Waals surface area contributed by atoms with Crippen molar-refractivity contribution in [2.45, 2.75) is 17.9 Å². The van der Waals surface area contributed by atoms with E-state index in [0.29, 0.717) is 5.56 Å². The van der Waals surface area contributed by atoms with Crippen molar-refractivity contribution < 1.29 is 22.1 Å². The van der Waals surface area contributed by atoms with Crippen LogP contribution in [0.1, 0.15) is 17.3 Å². The fourth-order valence-electron chi connectivity index (χ4n) is 2.62. The number of Topliss-reactive ketones (excluding diaryl/α,β-unsaturated/α-hetero) is 1. The highest BCUT2D eigenvalue weighted by Crippen LogP contribution is 2.23. The van der Waals surface area contributed by atoms with Crippen molar-refractivity contribution in [2.75, 3.05) is 7.11 Å². The molecule has 0 saturated heterocycles. The molecule has 1 atom stereocenters. The van der Waals surface area contributed by atoms with Gasteiger partial charge in [-0.2, -0.15) is 8.42 Å². The van der Waals surface area contributed by atoms with Gasteiger partial charge in [-0.25, -0.2) is 0 Å². The van der Waals surface area contributed by atoms with E-state index in [1.807, 2.05) is 12.1 Å². The maximum atomic E-state index is 12.6. The summed E-state index contributed by atoms with van der Waals surface area (Å²) in [5.74, 6) is 0.324. The lowest BCUT2D eigenvalue weighted by molar-refractivity contribution is 0.0826. The molecular formula is C20H18O5S. The standard InChI is InChI=1S/C20H18O5S/c1-14(25-26(22,23)19-6-4-3-5-7-19)20(21)17-9-8-16-13-18(24-2)11-10-15(16)12-17/h3-14H,1-2H3. The second-order valence-electron chi connectivity index (χ2n) is 5.80. The minimum atomic E-state index is -4.00. The summed E-state index contributed by atoms with van der Waals surface area (Å²) in [5, 5.41) is 1.78. The number of ketones is 1. The van der Waals surface area contributed by atoms with Crippen LogP contribution >= 0.6 is 0 Å². The zero-order valence-electron chi connectivity index (χ0n) is 14.4. The van der Waals surface area contributed by atoms with Gasteiger partial charge in [-0.3, -0.25) is 8.98 Å². The summed E-state index contributed by atoms with van der Waals surface area (Å²) >= 11 is 0. The summed E-state index contributed by atoms with van der Waals surface area (Å²) in [6.07, 6.45) is -1.13. The second kappa shape index (κ2) is 7.27. The van der Waals surface area contributed by atoms with Crippen LogP contribution in [-0.4, -0.2) is 27.4 Å². The summed E-state index contributed by atoms with van der Waals surface area (Å²) in [7, 11) is -2.41. The molecule has 0 aliphatic rings. The van der Waals surface area contributed by atoms with Gasteiger partial charge in [0, 0.05) is 5.56 Å². The zero-order valence-corrected chi connectivity index (χ0v) is 15.2. The van der Waals surface area contributed by atoms with Crippen molar-refractivity contribution in [3.63, 3.8) is 0 Å². The number of fused-ring (bicyclic) bond motifs is 1. The summed E-state index contributed by atoms with van der Waals surface area (Å²) in [4.78, 5) is 12.6. The molecule has 26 heavy (non-hydrogen) atoms. The largest absolute Gasteiger partial charge is 0.497 e. The van der Waals surface area contributed by atoms with E-state index < -0.39 is 22.0 Å². The lowest BCUT2D eigenvalue weighted by atomic mass is 10.0. The molecule has 0 spiro atoms. The zero-order chi connectivity index (χ0) is 18.7. The molecule has 3 aromatic carbocycles. The molecule has 3 rings (SSSR count). The third-order valence-electron chi connectivity index (χ3n) is 4.00. The number of carbonyl (C=O) groups excluding carboxylic acids is 1. The van der Waals surface area contributed by atoms with E-state index in [1.165, 1.54) is 19.1 Å². The minimum absolute atomic E-state index is 0.0188. The van der Waals surface area contributed by atoms with Gasteiger partial charge in [0.25, 0.3) is 10.1 Å². The molecule has 0 N–H and O–H groups in total. The predicted molar refractivity (Wildman–Crippen MR) is 99.0 cm³/mol. The monoisotopic (exact) mass is 370 g/mol. The van der Waals surface area contributed by atoms with Crippen molar-refractivity contribution in [3.05, 3.63) is 72.3 Å². The molecule has 0 heterocycles. The van der Waals surface area contributed by atoms with E-state index in [-0.39, 0.29) is 4.90 Å². The van der Waals surface area contributed by atoms with E-state index >= 15 is 0 Å². The molecule has 134 valence electrons. The maximum Gasteiger partial charge on any atom is 0.297 e. The molecule has 0 aromatic heterocycles. The topological polar surface area (TPSA) is 69.7 Å². The Hall–Kier alpha value is -2.70. The third-order valence-corrected chi connectivity index (χ3v) is 5.40. The number of ether oxygens (including phenoxy) is 1. The SMILES string of the molecule is COc1ccc2cc(C(=O)C(C)OS(=O)(=O)c3ccccc3)ccc2c1. The smallest absolute Gasteiger partial charge is 0.297 e. The summed E-state index contributed by atoms with van der Waals surface area (Å²) in [6, 6.07) is 18.4. The van der Waals surface area contributed by atoms with Crippen LogP contribution in [0.5, 0.6) is 5.75 Å². The first-order chi connectivity index (χ1) is 12.4. The first-order valence-electron chi connectivity index (χ1n) is 8.01. The van der Waals surface area contributed by atoms with E-state index in [4.69, 9.17) is 8.92 Å². The van der Waals surface area contributed by atoms with Crippen molar-refractivity contribution in [2.24, 2.45) is 0 Å². The Morgan fingerprint density at radius 3 is 2.27 bits per heavy atom. The molecular weight excluding hydrogens is 352 g/mol. The number of carbonyl (C=O) groups is 1. The van der Waals surface area contributed by atoms with Crippen LogP contribution in [0.3, 0.4) is 0 Å². The van der Waals surface area contributed by atoms with Gasteiger partial charge in [0.15, 0.2) is 5.78 Å². The van der Waals surface area contributed by atoms with Crippen LogP contribution in [-0.2, 0) is 14.3 Å². The number of hydrogen-bond acceptors (Lipinski definition) is 5. The Morgan fingerprint density at radius 2 is 1.58 bits per heavy atom. The van der Waals surface area contributed by atoms with Crippen LogP contribution in [0.4, 0.5) is 0 Å². The highest BCUT2D eigenvalue weighted by molar-refractivity contribution is 7.86. The van der Waals surface area contributed by atoms with Gasteiger partial charge in [0.05, 0.1) is 12.0 Å². The Bertz CT molecular complexity index is 1040. The van der Waals surface area contributed by atoms with Gasteiger partial charge >= 0.3 is 0 Å². The van der Waals surface area contributed by atoms with E-state index in [1.54, 1.807) is 49.6 Å². The highest BCUT2D eigenvalue weighted by Gasteiger charge is 2.24. The van der Waals surface area contributed by atoms with Crippen molar-refractivity contribution in [1.82, 2.24) is 0 Å². The van der Waals surface area contributed by atoms with Gasteiger partial charge in [0.2, 0.25) is 0 Å². The molecule has 0 saturated carbocycles. The van der Waals surface area contributed by atoms with Gasteiger partial charge in [-0.1, -0.05) is 36.4 Å². The number of benzene rings is 3. The molecule has 0 fully saturated rings. The van der Waals surface area contributed by atoms with Crippen LogP contribution in [0, 0.1) is 0 Å². The highest BCUT2D eigenvalue weighted by atomic mass is 32.2. The van der Waals surface area contributed by atoms with Gasteiger partial charge in [-0.05, 0) is 48.0 Å². The molecule has 1 unspecified atom stereocenters. The summed E-state index contributed by atoms with van der Waals surface area (Å²) in [6.45, 7) is 1.43. The van der Waals surface area contributed by atoms with Crippen LogP contribution in [0.25, 0.3) is 10.8 Å². The quantitative estimate of drug-likeness (QED) is 0.487. The van der Waals surface area contributed by atoms with Gasteiger partial charge in [-0.15, -0.1) is 0 Å². The summed E-state index contributed by atoms with van der Waals surface area (Å²) < 4.78 is 34.8. The van der Waals surface area contributed by atoms with Crippen molar-refractivity contribution >= 4 is 26.7 Å². The van der Waals surface area contributed by atoms with Gasteiger partial charge in [0.1, 0.15) is 11.9 Å². The number of rotatable bonds is 6. The van der Waals surface area contributed by atoms with Gasteiger partial charge < -0.3 is 4.74 Å². The molecule has 6 heteroatoms. The third kappa shape index (κ3) is 3.76. The van der Waals surface area contributed by atoms with Crippen LogP contribution in [0.15, 0.2) is 71.6 Å². The summed E-state index contributed by atoms with van der Waals surface area (Å²) in [5.41, 5.74) is 0.387. The van der Waals surface area contributed by atoms with Crippen LogP contribution < -0.4 is 4.74 Å². The Balaban J connectivity index is 1.83. The minimum Gasteiger partial charge on any atom is -0.497 e. The predicted octanol–water partition coefficient (Wildman–Crippen LogP) is 3.83. The molecule has 5 nitrogen and oxygen atoms in total. The van der Waals surface area contributed by atoms with E-state index in [0.717, 1.165) is 16.5 Å². The Labute approximate surface area is 152 Å². The Kier molecular flexibility index (Phi) is 5.06. The first-order valence-corrected chi connectivity index (χ1v) is 9.42. The van der Waals surface area contributed by atoms with Crippen LogP contribution in [0.2, 0.25) is 0 Å². The maximum absolute atomic E-state index is 12.6. The molecule has 0 bridgehead atoms. The number of methoxy groups -OCH3 is 1. The fraction of sp³-hybridized carbons (Fsp3) is 0.150. The van der Waals surface area contributed by atoms with E-state index in [9.17, 15) is 13.2 Å². The Morgan fingerprint density at radius 1 is 0.923 bits per heavy atom. The lowest BCUT2D eigenvalue weighted by Gasteiger charge is -2.13. The first kappa shape index (κ1) is 18.1. The average Bonchev–Trinajstić information content (AvgIpc) is 2.66.